The second kappa shape index (κ2) is 7.98. The Hall–Kier alpha value is -2.61. The van der Waals surface area contributed by atoms with Gasteiger partial charge in [0.15, 0.2) is 5.78 Å². The lowest BCUT2D eigenvalue weighted by molar-refractivity contribution is -0.124. The summed E-state index contributed by atoms with van der Waals surface area (Å²) in [4.78, 5) is 12.4. The molecule has 0 fully saturated rings. The van der Waals surface area contributed by atoms with Crippen molar-refractivity contribution in [3.8, 4) is 5.75 Å². The summed E-state index contributed by atoms with van der Waals surface area (Å²) < 4.78 is 5.65. The molecule has 2 nitrogen and oxygen atoms in total. The Morgan fingerprint density at radius 2 is 1.60 bits per heavy atom. The number of fused-ring (bicyclic) bond motifs is 1. The molecule has 3 aromatic rings. The largest absolute Gasteiger partial charge is 0.486 e. The Bertz CT molecular complexity index is 849. The lowest BCUT2D eigenvalue weighted by Gasteiger charge is -2.12. The molecule has 0 spiro atoms. The molecule has 0 heterocycles. The number of Topliss-reactive ketones (excluding diaryl/α,β-unsaturated/α-hetero) is 1. The van der Waals surface area contributed by atoms with Gasteiger partial charge in [0.25, 0.3) is 0 Å². The minimum Gasteiger partial charge on any atom is -0.486 e. The van der Waals surface area contributed by atoms with Gasteiger partial charge in [-0.3, -0.25) is 4.79 Å². The molecule has 2 heteroatoms. The fourth-order valence-electron chi connectivity index (χ4n) is 2.95. The van der Waals surface area contributed by atoms with Crippen molar-refractivity contribution in [1.82, 2.24) is 0 Å². The molecular formula is C23H24O2. The van der Waals surface area contributed by atoms with Gasteiger partial charge in [0.05, 0.1) is 0 Å². The van der Waals surface area contributed by atoms with Gasteiger partial charge < -0.3 is 4.74 Å². The minimum absolute atomic E-state index is 0.0592. The Balaban J connectivity index is 1.57. The quantitative estimate of drug-likeness (QED) is 0.592. The molecule has 1 atom stereocenters. The number of hydrogen-bond donors (Lipinski definition) is 0. The number of hydrogen-bond acceptors (Lipinski definition) is 2. The fourth-order valence-corrected chi connectivity index (χ4v) is 2.95. The third-order valence-electron chi connectivity index (χ3n) is 4.62. The molecule has 0 aliphatic heterocycles. The highest BCUT2D eigenvalue weighted by Gasteiger charge is 2.14. The number of rotatable bonds is 7. The van der Waals surface area contributed by atoms with E-state index in [1.54, 1.807) is 0 Å². The van der Waals surface area contributed by atoms with E-state index < -0.39 is 0 Å². The summed E-state index contributed by atoms with van der Waals surface area (Å²) in [6, 6.07) is 22.6. The van der Waals surface area contributed by atoms with Gasteiger partial charge in [0.1, 0.15) is 12.4 Å². The zero-order valence-electron chi connectivity index (χ0n) is 14.9. The molecule has 3 aromatic carbocycles. The molecule has 0 aromatic heterocycles. The van der Waals surface area contributed by atoms with Gasteiger partial charge >= 0.3 is 0 Å². The van der Waals surface area contributed by atoms with Crippen LogP contribution in [0.25, 0.3) is 10.8 Å². The lowest BCUT2D eigenvalue weighted by Crippen LogP contribution is -2.21. The Labute approximate surface area is 149 Å². The van der Waals surface area contributed by atoms with Gasteiger partial charge in [0.2, 0.25) is 0 Å². The molecule has 0 aliphatic carbocycles. The first kappa shape index (κ1) is 17.2. The summed E-state index contributed by atoms with van der Waals surface area (Å²) in [5, 5.41) is 2.44. The van der Waals surface area contributed by atoms with E-state index in [1.807, 2.05) is 43.3 Å². The highest BCUT2D eigenvalue weighted by atomic mass is 16.5. The van der Waals surface area contributed by atoms with Crippen molar-refractivity contribution >= 4 is 16.6 Å². The van der Waals surface area contributed by atoms with Gasteiger partial charge in [-0.05, 0) is 46.9 Å². The Morgan fingerprint density at radius 1 is 0.920 bits per heavy atom. The highest BCUT2D eigenvalue weighted by Crippen LogP contribution is 2.19. The zero-order valence-corrected chi connectivity index (χ0v) is 14.9. The predicted molar refractivity (Wildman–Crippen MR) is 103 cm³/mol. The van der Waals surface area contributed by atoms with Crippen LogP contribution in [0.4, 0.5) is 0 Å². The van der Waals surface area contributed by atoms with Gasteiger partial charge in [-0.2, -0.15) is 0 Å². The number of ketones is 1. The SMILES string of the molecule is CCc1ccc(OCC(=O)[C@H](C)Cc2ccc3ccccc3c2)cc1. The van der Waals surface area contributed by atoms with Crippen LogP contribution in [-0.4, -0.2) is 12.4 Å². The lowest BCUT2D eigenvalue weighted by atomic mass is 9.95. The molecular weight excluding hydrogens is 308 g/mol. The number of benzene rings is 3. The monoisotopic (exact) mass is 332 g/mol. The summed E-state index contributed by atoms with van der Waals surface area (Å²) in [7, 11) is 0. The van der Waals surface area contributed by atoms with Crippen LogP contribution in [0.5, 0.6) is 5.75 Å². The molecule has 0 amide bonds. The van der Waals surface area contributed by atoms with Crippen LogP contribution < -0.4 is 4.74 Å². The van der Waals surface area contributed by atoms with Gasteiger partial charge in [-0.15, -0.1) is 0 Å². The number of ether oxygens (including phenoxy) is 1. The number of carbonyl (C=O) groups excluding carboxylic acids is 1. The van der Waals surface area contributed by atoms with E-state index in [0.717, 1.165) is 18.6 Å². The highest BCUT2D eigenvalue weighted by molar-refractivity contribution is 5.84. The van der Waals surface area contributed by atoms with Gasteiger partial charge in [0, 0.05) is 5.92 Å². The van der Waals surface area contributed by atoms with Crippen molar-refractivity contribution < 1.29 is 9.53 Å². The molecule has 0 N–H and O–H groups in total. The smallest absolute Gasteiger partial charge is 0.173 e. The van der Waals surface area contributed by atoms with E-state index in [-0.39, 0.29) is 18.3 Å². The van der Waals surface area contributed by atoms with Gasteiger partial charge in [-0.1, -0.05) is 68.4 Å². The van der Waals surface area contributed by atoms with Crippen molar-refractivity contribution in [3.63, 3.8) is 0 Å². The predicted octanol–water partition coefficient (Wildman–Crippen LogP) is 5.23. The molecule has 3 rings (SSSR count). The maximum atomic E-state index is 12.4. The van der Waals surface area contributed by atoms with Crippen molar-refractivity contribution in [2.24, 2.45) is 5.92 Å². The van der Waals surface area contributed by atoms with Crippen LogP contribution in [0.2, 0.25) is 0 Å². The standard InChI is InChI=1S/C23H24O2/c1-3-18-9-12-22(13-10-18)25-16-23(24)17(2)14-19-8-11-20-6-4-5-7-21(20)15-19/h4-13,15,17H,3,14,16H2,1-2H3/t17-/m1/s1. The summed E-state index contributed by atoms with van der Waals surface area (Å²) in [6.07, 6.45) is 1.74. The minimum atomic E-state index is -0.0592. The van der Waals surface area contributed by atoms with Crippen LogP contribution in [0.15, 0.2) is 66.7 Å². The van der Waals surface area contributed by atoms with E-state index in [0.29, 0.717) is 0 Å². The van der Waals surface area contributed by atoms with E-state index in [1.165, 1.54) is 21.9 Å². The molecule has 0 unspecified atom stereocenters. The molecule has 0 saturated heterocycles. The Kier molecular flexibility index (Phi) is 5.49. The van der Waals surface area contributed by atoms with Gasteiger partial charge in [-0.25, -0.2) is 0 Å². The Morgan fingerprint density at radius 3 is 2.32 bits per heavy atom. The average Bonchev–Trinajstić information content (AvgIpc) is 2.66. The topological polar surface area (TPSA) is 26.3 Å². The maximum absolute atomic E-state index is 12.4. The molecule has 0 bridgehead atoms. The van der Waals surface area contributed by atoms with Crippen LogP contribution in [0.1, 0.15) is 25.0 Å². The van der Waals surface area contributed by atoms with Crippen LogP contribution in [0.3, 0.4) is 0 Å². The first-order chi connectivity index (χ1) is 12.2. The van der Waals surface area contributed by atoms with Crippen LogP contribution in [0, 0.1) is 5.92 Å². The second-order valence-electron chi connectivity index (χ2n) is 6.54. The summed E-state index contributed by atoms with van der Waals surface area (Å²) in [5.74, 6) is 0.826. The van der Waals surface area contributed by atoms with Crippen molar-refractivity contribution in [3.05, 3.63) is 77.9 Å². The van der Waals surface area contributed by atoms with E-state index in [4.69, 9.17) is 4.74 Å². The fraction of sp³-hybridized carbons (Fsp3) is 0.261. The van der Waals surface area contributed by atoms with E-state index >= 15 is 0 Å². The molecule has 0 saturated carbocycles. The van der Waals surface area contributed by atoms with Crippen molar-refractivity contribution in [2.45, 2.75) is 26.7 Å². The van der Waals surface area contributed by atoms with E-state index in [9.17, 15) is 4.79 Å². The molecule has 25 heavy (non-hydrogen) atoms. The third kappa shape index (κ3) is 4.48. The summed E-state index contributed by atoms with van der Waals surface area (Å²) in [6.45, 7) is 4.22. The summed E-state index contributed by atoms with van der Waals surface area (Å²) in [5.41, 5.74) is 2.45. The maximum Gasteiger partial charge on any atom is 0.173 e. The first-order valence-corrected chi connectivity index (χ1v) is 8.88. The number of carbonyl (C=O) groups is 1. The summed E-state index contributed by atoms with van der Waals surface area (Å²) >= 11 is 0. The van der Waals surface area contributed by atoms with Crippen LogP contribution in [-0.2, 0) is 17.6 Å². The second-order valence-corrected chi connectivity index (χ2v) is 6.54. The average molecular weight is 332 g/mol. The van der Waals surface area contributed by atoms with Crippen molar-refractivity contribution in [2.75, 3.05) is 6.61 Å². The molecule has 0 aliphatic rings. The normalized spacial score (nSPS) is 12.1. The van der Waals surface area contributed by atoms with E-state index in [2.05, 4.69) is 37.3 Å². The third-order valence-corrected chi connectivity index (χ3v) is 4.62. The van der Waals surface area contributed by atoms with Crippen LogP contribution >= 0.6 is 0 Å². The molecule has 128 valence electrons. The molecule has 0 radical (unpaired) electrons. The first-order valence-electron chi connectivity index (χ1n) is 8.88. The number of aryl methyl sites for hydroxylation is 1. The zero-order chi connectivity index (χ0) is 17.6. The van der Waals surface area contributed by atoms with Crippen molar-refractivity contribution in [1.29, 1.82) is 0 Å².